The number of sulfonamides is 1. The second kappa shape index (κ2) is 9.93. The van der Waals surface area contributed by atoms with E-state index >= 15 is 0 Å². The highest BCUT2D eigenvalue weighted by atomic mass is 32.2. The number of ether oxygens (including phenoxy) is 2. The third kappa shape index (κ3) is 5.83. The van der Waals surface area contributed by atoms with Crippen LogP contribution in [0.2, 0.25) is 0 Å². The van der Waals surface area contributed by atoms with Crippen LogP contribution in [0.4, 0.5) is 5.69 Å². The van der Waals surface area contributed by atoms with Crippen LogP contribution in [0.3, 0.4) is 0 Å². The number of anilines is 1. The van der Waals surface area contributed by atoms with Crippen LogP contribution in [0.15, 0.2) is 53.4 Å². The first-order valence-corrected chi connectivity index (χ1v) is 11.4. The summed E-state index contributed by atoms with van der Waals surface area (Å²) in [6.07, 6.45) is 1.72. The molecule has 0 aliphatic carbocycles. The molecule has 1 amide bonds. The number of benzene rings is 2. The molecule has 1 aliphatic rings. The molecule has 8 nitrogen and oxygen atoms in total. The molecule has 31 heavy (non-hydrogen) atoms. The Balaban J connectivity index is 1.53. The van der Waals surface area contributed by atoms with Crippen LogP contribution in [-0.2, 0) is 19.6 Å². The molecule has 0 unspecified atom stereocenters. The maximum absolute atomic E-state index is 12.8. The van der Waals surface area contributed by atoms with Gasteiger partial charge in [0.1, 0.15) is 5.75 Å². The van der Waals surface area contributed by atoms with Crippen LogP contribution < -0.4 is 10.1 Å². The average Bonchev–Trinajstić information content (AvgIpc) is 2.78. The fourth-order valence-electron chi connectivity index (χ4n) is 3.24. The van der Waals surface area contributed by atoms with Crippen LogP contribution in [0.5, 0.6) is 5.75 Å². The summed E-state index contributed by atoms with van der Waals surface area (Å²) in [4.78, 5) is 23.7. The summed E-state index contributed by atoms with van der Waals surface area (Å²) in [5.74, 6) is 0.0908. The Bertz CT molecular complexity index is 1010. The minimum absolute atomic E-state index is 0.213. The van der Waals surface area contributed by atoms with E-state index in [1.165, 1.54) is 35.7 Å². The number of methoxy groups -OCH3 is 1. The van der Waals surface area contributed by atoms with E-state index in [0.717, 1.165) is 12.8 Å². The Morgan fingerprint density at radius 2 is 1.65 bits per heavy atom. The topological polar surface area (TPSA) is 102 Å². The molecular formula is C22H26N2O6S. The Labute approximate surface area is 182 Å². The molecule has 2 aromatic carbocycles. The minimum Gasteiger partial charge on any atom is -0.484 e. The quantitative estimate of drug-likeness (QED) is 0.656. The maximum atomic E-state index is 12.8. The van der Waals surface area contributed by atoms with Crippen LogP contribution in [0.25, 0.3) is 0 Å². The molecule has 9 heteroatoms. The van der Waals surface area contributed by atoms with Gasteiger partial charge in [0.05, 0.1) is 17.6 Å². The van der Waals surface area contributed by atoms with Crippen LogP contribution in [0.1, 0.15) is 30.1 Å². The summed E-state index contributed by atoms with van der Waals surface area (Å²) in [7, 11) is -2.22. The molecular weight excluding hydrogens is 420 g/mol. The van der Waals surface area contributed by atoms with Crippen molar-refractivity contribution in [2.75, 3.05) is 32.1 Å². The van der Waals surface area contributed by atoms with Gasteiger partial charge >= 0.3 is 5.97 Å². The van der Waals surface area contributed by atoms with Gasteiger partial charge in [0.2, 0.25) is 10.0 Å². The second-order valence-electron chi connectivity index (χ2n) is 7.46. The van der Waals surface area contributed by atoms with Crippen molar-refractivity contribution >= 4 is 27.6 Å². The third-order valence-corrected chi connectivity index (χ3v) is 7.08. The number of esters is 1. The van der Waals surface area contributed by atoms with E-state index in [9.17, 15) is 18.0 Å². The number of nitrogens with zero attached hydrogens (tertiary/aromatic N) is 1. The predicted molar refractivity (Wildman–Crippen MR) is 116 cm³/mol. The van der Waals surface area contributed by atoms with Crippen molar-refractivity contribution in [2.45, 2.75) is 24.7 Å². The summed E-state index contributed by atoms with van der Waals surface area (Å²) in [6.45, 7) is 2.95. The molecule has 0 aromatic heterocycles. The van der Waals surface area contributed by atoms with E-state index in [4.69, 9.17) is 4.74 Å². The van der Waals surface area contributed by atoms with Gasteiger partial charge < -0.3 is 14.8 Å². The third-order valence-electron chi connectivity index (χ3n) is 5.16. The van der Waals surface area contributed by atoms with Gasteiger partial charge in [0.25, 0.3) is 5.91 Å². The highest BCUT2D eigenvalue weighted by Gasteiger charge is 2.27. The van der Waals surface area contributed by atoms with Gasteiger partial charge in [-0.25, -0.2) is 13.2 Å². The van der Waals surface area contributed by atoms with E-state index in [1.807, 2.05) is 0 Å². The number of carbonyl (C=O) groups excluding carboxylic acids is 2. The van der Waals surface area contributed by atoms with E-state index in [1.54, 1.807) is 24.3 Å². The van der Waals surface area contributed by atoms with Crippen molar-refractivity contribution in [1.82, 2.24) is 4.31 Å². The SMILES string of the molecule is COC(=O)c1ccc(NC(=O)COc2ccc(S(=O)(=O)N3CCC(C)CC3)cc2)cc1. The van der Waals surface area contributed by atoms with Gasteiger partial charge in [-0.1, -0.05) is 6.92 Å². The molecule has 0 spiro atoms. The molecule has 3 rings (SSSR count). The molecule has 0 radical (unpaired) electrons. The summed E-state index contributed by atoms with van der Waals surface area (Å²) >= 11 is 0. The highest BCUT2D eigenvalue weighted by Crippen LogP contribution is 2.24. The summed E-state index contributed by atoms with van der Waals surface area (Å²) in [5.41, 5.74) is 0.893. The average molecular weight is 447 g/mol. The Kier molecular flexibility index (Phi) is 7.29. The van der Waals surface area contributed by atoms with E-state index in [-0.39, 0.29) is 17.4 Å². The first-order chi connectivity index (χ1) is 14.8. The van der Waals surface area contributed by atoms with Crippen molar-refractivity contribution in [3.05, 3.63) is 54.1 Å². The smallest absolute Gasteiger partial charge is 0.337 e. The standard InChI is InChI=1S/C22H26N2O6S/c1-16-11-13-24(14-12-16)31(27,28)20-9-7-19(8-10-20)30-15-21(25)23-18-5-3-17(4-6-18)22(26)29-2/h3-10,16H,11-15H2,1-2H3,(H,23,25). The second-order valence-corrected chi connectivity index (χ2v) is 9.40. The largest absolute Gasteiger partial charge is 0.484 e. The lowest BCUT2D eigenvalue weighted by Crippen LogP contribution is -2.37. The number of hydrogen-bond donors (Lipinski definition) is 1. The Morgan fingerprint density at radius 1 is 1.03 bits per heavy atom. The molecule has 166 valence electrons. The van der Waals surface area contributed by atoms with E-state index < -0.39 is 16.0 Å². The van der Waals surface area contributed by atoms with Crippen molar-refractivity contribution in [3.63, 3.8) is 0 Å². The first kappa shape index (κ1) is 22.8. The molecule has 1 fully saturated rings. The highest BCUT2D eigenvalue weighted by molar-refractivity contribution is 7.89. The van der Waals surface area contributed by atoms with Crippen LogP contribution in [-0.4, -0.2) is 51.4 Å². The molecule has 0 bridgehead atoms. The number of hydrogen-bond acceptors (Lipinski definition) is 6. The molecule has 1 N–H and O–H groups in total. The number of carbonyl (C=O) groups is 2. The molecule has 1 aliphatic heterocycles. The normalized spacial score (nSPS) is 15.3. The van der Waals surface area contributed by atoms with Gasteiger partial charge in [0.15, 0.2) is 6.61 Å². The maximum Gasteiger partial charge on any atom is 0.337 e. The first-order valence-electron chi connectivity index (χ1n) is 10.0. The minimum atomic E-state index is -3.52. The van der Waals surface area contributed by atoms with Gasteiger partial charge in [-0.15, -0.1) is 0 Å². The summed E-state index contributed by atoms with van der Waals surface area (Å²) in [6, 6.07) is 12.3. The lowest BCUT2D eigenvalue weighted by Gasteiger charge is -2.29. The van der Waals surface area contributed by atoms with Crippen molar-refractivity contribution < 1.29 is 27.5 Å². The van der Waals surface area contributed by atoms with Gasteiger partial charge in [-0.05, 0) is 67.3 Å². The fraction of sp³-hybridized carbons (Fsp3) is 0.364. The number of nitrogens with one attached hydrogen (secondary N) is 1. The number of rotatable bonds is 7. The van der Waals surface area contributed by atoms with Crippen LogP contribution >= 0.6 is 0 Å². The van der Waals surface area contributed by atoms with Crippen molar-refractivity contribution in [2.24, 2.45) is 5.92 Å². The number of piperidine rings is 1. The molecule has 1 heterocycles. The van der Waals surface area contributed by atoms with Gasteiger partial charge in [-0.3, -0.25) is 4.79 Å². The van der Waals surface area contributed by atoms with E-state index in [2.05, 4.69) is 17.0 Å². The number of amides is 1. The Morgan fingerprint density at radius 3 is 2.23 bits per heavy atom. The molecule has 1 saturated heterocycles. The molecule has 0 saturated carbocycles. The van der Waals surface area contributed by atoms with E-state index in [0.29, 0.717) is 36.0 Å². The molecule has 0 atom stereocenters. The zero-order valence-electron chi connectivity index (χ0n) is 17.5. The van der Waals surface area contributed by atoms with Gasteiger partial charge in [-0.2, -0.15) is 4.31 Å². The van der Waals surface area contributed by atoms with Crippen molar-refractivity contribution in [1.29, 1.82) is 0 Å². The predicted octanol–water partition coefficient (Wildman–Crippen LogP) is 2.91. The van der Waals surface area contributed by atoms with Crippen LogP contribution in [0, 0.1) is 5.92 Å². The Hall–Kier alpha value is -2.91. The van der Waals surface area contributed by atoms with Crippen molar-refractivity contribution in [3.8, 4) is 5.75 Å². The fourth-order valence-corrected chi connectivity index (χ4v) is 4.71. The molecule has 2 aromatic rings. The lowest BCUT2D eigenvalue weighted by molar-refractivity contribution is -0.118. The van der Waals surface area contributed by atoms with Gasteiger partial charge in [0, 0.05) is 18.8 Å². The lowest BCUT2D eigenvalue weighted by atomic mass is 10.0. The summed E-state index contributed by atoms with van der Waals surface area (Å²) in [5, 5.41) is 2.66. The monoisotopic (exact) mass is 446 g/mol. The zero-order valence-corrected chi connectivity index (χ0v) is 18.4. The summed E-state index contributed by atoms with van der Waals surface area (Å²) < 4.78 is 37.1. The zero-order chi connectivity index (χ0) is 22.4.